The second-order valence-electron chi connectivity index (χ2n) is 7.74. The molecule has 1 aliphatic rings. The van der Waals surface area contributed by atoms with Gasteiger partial charge in [0.25, 0.3) is 0 Å². The molecule has 142 valence electrons. The Morgan fingerprint density at radius 2 is 1.33 bits per heavy atom. The van der Waals surface area contributed by atoms with E-state index in [2.05, 4.69) is 13.0 Å². The van der Waals surface area contributed by atoms with Gasteiger partial charge in [-0.15, -0.1) is 0 Å². The molecule has 2 aromatic rings. The van der Waals surface area contributed by atoms with Gasteiger partial charge in [-0.1, -0.05) is 63.6 Å². The highest BCUT2D eigenvalue weighted by atomic mass is 16.5. The molecule has 0 fully saturated rings. The lowest BCUT2D eigenvalue weighted by atomic mass is 9.87. The number of carbonyl (C=O) groups excluding carboxylic acids is 2. The molecule has 0 N–H and O–H groups in total. The van der Waals surface area contributed by atoms with Crippen molar-refractivity contribution in [3.05, 3.63) is 47.0 Å². The third-order valence-corrected chi connectivity index (χ3v) is 4.79. The van der Waals surface area contributed by atoms with Crippen LogP contribution in [0.4, 0.5) is 0 Å². The average Bonchev–Trinajstić information content (AvgIpc) is 2.63. The first-order valence-corrected chi connectivity index (χ1v) is 9.45. The van der Waals surface area contributed by atoms with Crippen LogP contribution in [-0.4, -0.2) is 11.9 Å². The number of esters is 2. The van der Waals surface area contributed by atoms with Crippen LogP contribution in [0.25, 0.3) is 10.8 Å². The van der Waals surface area contributed by atoms with E-state index in [0.717, 1.165) is 21.9 Å². The minimum Gasteiger partial charge on any atom is -0.425 e. The van der Waals surface area contributed by atoms with E-state index in [4.69, 9.17) is 9.47 Å². The Kier molecular flexibility index (Phi) is 5.36. The van der Waals surface area contributed by atoms with Crippen molar-refractivity contribution in [3.63, 3.8) is 0 Å². The maximum Gasteiger partial charge on any atom is 0.313 e. The van der Waals surface area contributed by atoms with Crippen molar-refractivity contribution < 1.29 is 19.1 Å². The summed E-state index contributed by atoms with van der Waals surface area (Å²) in [4.78, 5) is 24.7. The highest BCUT2D eigenvalue weighted by Crippen LogP contribution is 2.44. The summed E-state index contributed by atoms with van der Waals surface area (Å²) < 4.78 is 11.7. The topological polar surface area (TPSA) is 52.6 Å². The van der Waals surface area contributed by atoms with Gasteiger partial charge in [-0.05, 0) is 19.8 Å². The molecule has 4 heteroatoms. The van der Waals surface area contributed by atoms with Crippen LogP contribution >= 0.6 is 0 Å². The van der Waals surface area contributed by atoms with Crippen molar-refractivity contribution in [2.45, 2.75) is 47.5 Å². The number of ether oxygens (including phenoxy) is 2. The summed E-state index contributed by atoms with van der Waals surface area (Å²) in [6.07, 6.45) is 3.46. The van der Waals surface area contributed by atoms with Gasteiger partial charge in [0.2, 0.25) is 0 Å². The summed E-state index contributed by atoms with van der Waals surface area (Å²) in [5.41, 5.74) is 3.08. The van der Waals surface area contributed by atoms with Crippen molar-refractivity contribution in [3.8, 4) is 11.5 Å². The number of hydrogen-bond acceptors (Lipinski definition) is 4. The summed E-state index contributed by atoms with van der Waals surface area (Å²) in [6.45, 7) is 9.34. The van der Waals surface area contributed by atoms with Crippen molar-refractivity contribution >= 4 is 22.7 Å². The standard InChI is InChI=1S/C23H26O4/c1-13(2)22(24)26-20-16-8-6-7-9-17(16)21(27-23(25)14(3)4)19-12-15(5)10-11-18(19)20/h6-10,13-14H,11-12H2,1-5H3. The normalized spacial score (nSPS) is 13.5. The van der Waals surface area contributed by atoms with E-state index >= 15 is 0 Å². The molecule has 0 aromatic heterocycles. The minimum atomic E-state index is -0.263. The molecule has 1 aliphatic carbocycles. The van der Waals surface area contributed by atoms with Crippen molar-refractivity contribution in [2.24, 2.45) is 11.8 Å². The largest absolute Gasteiger partial charge is 0.425 e. The van der Waals surface area contributed by atoms with Crippen molar-refractivity contribution in [1.82, 2.24) is 0 Å². The maximum absolute atomic E-state index is 12.4. The van der Waals surface area contributed by atoms with E-state index in [9.17, 15) is 9.59 Å². The molecule has 0 radical (unpaired) electrons. The van der Waals surface area contributed by atoms with Crippen LogP contribution in [-0.2, 0) is 22.4 Å². The summed E-state index contributed by atoms with van der Waals surface area (Å²) in [5.74, 6) is 0.211. The molecule has 2 aromatic carbocycles. The molecule has 27 heavy (non-hydrogen) atoms. The molecule has 0 bridgehead atoms. The molecule has 0 spiro atoms. The van der Waals surface area contributed by atoms with Crippen molar-refractivity contribution in [1.29, 1.82) is 0 Å². The first kappa shape index (κ1) is 19.2. The van der Waals surface area contributed by atoms with Crippen LogP contribution in [0.15, 0.2) is 35.9 Å². The Hall–Kier alpha value is -2.62. The predicted molar refractivity (Wildman–Crippen MR) is 106 cm³/mol. The van der Waals surface area contributed by atoms with Crippen LogP contribution in [0.2, 0.25) is 0 Å². The summed E-state index contributed by atoms with van der Waals surface area (Å²) in [5, 5.41) is 1.59. The molecule has 0 amide bonds. The fourth-order valence-corrected chi connectivity index (χ4v) is 3.18. The van der Waals surface area contributed by atoms with Gasteiger partial charge < -0.3 is 9.47 Å². The van der Waals surface area contributed by atoms with Gasteiger partial charge in [-0.3, -0.25) is 9.59 Å². The molecule has 3 rings (SSSR count). The van der Waals surface area contributed by atoms with E-state index in [0.29, 0.717) is 24.3 Å². The highest BCUT2D eigenvalue weighted by Gasteiger charge is 2.27. The second-order valence-corrected chi connectivity index (χ2v) is 7.74. The summed E-state index contributed by atoms with van der Waals surface area (Å²) in [6, 6.07) is 7.63. The van der Waals surface area contributed by atoms with E-state index in [1.165, 1.54) is 5.57 Å². The van der Waals surface area contributed by atoms with Crippen molar-refractivity contribution in [2.75, 3.05) is 0 Å². The Balaban J connectivity index is 2.26. The smallest absolute Gasteiger partial charge is 0.313 e. The van der Waals surface area contributed by atoms with Crippen LogP contribution in [0.1, 0.15) is 45.7 Å². The average molecular weight is 366 g/mol. The maximum atomic E-state index is 12.4. The van der Waals surface area contributed by atoms with Crippen LogP contribution in [0, 0.1) is 11.8 Å². The lowest BCUT2D eigenvalue weighted by Crippen LogP contribution is -2.20. The van der Waals surface area contributed by atoms with E-state index in [1.54, 1.807) is 0 Å². The zero-order valence-corrected chi connectivity index (χ0v) is 16.6. The number of allylic oxidation sites excluding steroid dienone is 2. The molecule has 4 nitrogen and oxygen atoms in total. The first-order valence-electron chi connectivity index (χ1n) is 9.45. The van der Waals surface area contributed by atoms with Gasteiger partial charge >= 0.3 is 11.9 Å². The number of hydrogen-bond donors (Lipinski definition) is 0. The van der Waals surface area contributed by atoms with E-state index in [1.807, 2.05) is 52.0 Å². The Morgan fingerprint density at radius 1 is 0.852 bits per heavy atom. The van der Waals surface area contributed by atoms with Gasteiger partial charge in [-0.25, -0.2) is 0 Å². The first-order chi connectivity index (χ1) is 12.8. The van der Waals surface area contributed by atoms with E-state index in [-0.39, 0.29) is 23.8 Å². The third-order valence-electron chi connectivity index (χ3n) is 4.79. The molecule has 0 unspecified atom stereocenters. The molecule has 0 heterocycles. The lowest BCUT2D eigenvalue weighted by molar-refractivity contribution is -0.138. The van der Waals surface area contributed by atoms with Gasteiger partial charge in [-0.2, -0.15) is 0 Å². The Labute approximate surface area is 160 Å². The van der Waals surface area contributed by atoms with Crippen LogP contribution in [0.3, 0.4) is 0 Å². The summed E-state index contributed by atoms with van der Waals surface area (Å²) >= 11 is 0. The zero-order chi connectivity index (χ0) is 19.7. The van der Waals surface area contributed by atoms with E-state index < -0.39 is 0 Å². The van der Waals surface area contributed by atoms with Crippen LogP contribution < -0.4 is 9.47 Å². The monoisotopic (exact) mass is 366 g/mol. The van der Waals surface area contributed by atoms with Gasteiger partial charge in [0, 0.05) is 21.9 Å². The van der Waals surface area contributed by atoms with Crippen LogP contribution in [0.5, 0.6) is 11.5 Å². The lowest BCUT2D eigenvalue weighted by Gasteiger charge is -2.24. The molecule has 0 saturated heterocycles. The third kappa shape index (κ3) is 3.75. The molecule has 0 saturated carbocycles. The quantitative estimate of drug-likeness (QED) is 0.434. The Bertz CT molecular complexity index is 935. The minimum absolute atomic E-state index is 0.223. The van der Waals surface area contributed by atoms with Gasteiger partial charge in [0.15, 0.2) is 0 Å². The second kappa shape index (κ2) is 7.55. The zero-order valence-electron chi connectivity index (χ0n) is 16.6. The SMILES string of the molecule is CC1=CCc2c(c(OC(=O)C(C)C)c3ccccc3c2OC(=O)C(C)C)C1. The molecular formula is C23H26O4. The Morgan fingerprint density at radius 3 is 1.81 bits per heavy atom. The number of benzene rings is 2. The predicted octanol–water partition coefficient (Wildman–Crippen LogP) is 5.01. The summed E-state index contributed by atoms with van der Waals surface area (Å²) in [7, 11) is 0. The number of fused-ring (bicyclic) bond motifs is 2. The fourth-order valence-electron chi connectivity index (χ4n) is 3.18. The van der Waals surface area contributed by atoms with Gasteiger partial charge in [0.1, 0.15) is 11.5 Å². The molecule has 0 atom stereocenters. The van der Waals surface area contributed by atoms with Gasteiger partial charge in [0.05, 0.1) is 11.8 Å². The molecular weight excluding hydrogens is 340 g/mol. The number of rotatable bonds is 4. The highest BCUT2D eigenvalue weighted by molar-refractivity contribution is 5.99. The molecule has 0 aliphatic heterocycles. The number of carbonyl (C=O) groups is 2. The fraction of sp³-hybridized carbons (Fsp3) is 0.391.